The van der Waals surface area contributed by atoms with E-state index in [1.807, 2.05) is 13.8 Å². The quantitative estimate of drug-likeness (QED) is 0.896. The number of hydrogen-bond donors (Lipinski definition) is 1. The Morgan fingerprint density at radius 3 is 2.42 bits per heavy atom. The van der Waals surface area contributed by atoms with Crippen LogP contribution in [0.4, 0.5) is 0 Å². The highest BCUT2D eigenvalue weighted by atomic mass is 32.2. The van der Waals surface area contributed by atoms with Gasteiger partial charge in [0.25, 0.3) is 15.9 Å². The van der Waals surface area contributed by atoms with Crippen molar-refractivity contribution < 1.29 is 17.9 Å². The molecule has 1 aromatic carbocycles. The number of aromatic nitrogens is 1. The number of rotatable bonds is 5. The van der Waals surface area contributed by atoms with E-state index in [1.165, 1.54) is 13.1 Å². The van der Waals surface area contributed by atoms with Gasteiger partial charge in [0, 0.05) is 12.3 Å². The molecule has 7 heteroatoms. The Balaban J connectivity index is 2.17. The third-order valence-corrected chi connectivity index (χ3v) is 5.11. The van der Waals surface area contributed by atoms with Crippen LogP contribution in [0, 0.1) is 20.8 Å². The summed E-state index contributed by atoms with van der Waals surface area (Å²) in [5, 5.41) is 0. The molecule has 1 atom stereocenters. The summed E-state index contributed by atoms with van der Waals surface area (Å²) in [6.45, 7) is 6.88. The highest BCUT2D eigenvalue weighted by Gasteiger charge is 2.24. The van der Waals surface area contributed by atoms with E-state index in [2.05, 4.69) is 9.71 Å². The second kappa shape index (κ2) is 7.00. The molecule has 128 valence electrons. The molecule has 0 bridgehead atoms. The van der Waals surface area contributed by atoms with Crippen molar-refractivity contribution >= 4 is 15.9 Å². The predicted octanol–water partition coefficient (Wildman–Crippen LogP) is 2.28. The predicted molar refractivity (Wildman–Crippen MR) is 90.3 cm³/mol. The van der Waals surface area contributed by atoms with Gasteiger partial charge in [0.05, 0.1) is 4.90 Å². The molecule has 24 heavy (non-hydrogen) atoms. The third kappa shape index (κ3) is 4.11. The van der Waals surface area contributed by atoms with E-state index in [1.54, 1.807) is 37.3 Å². The number of amides is 1. The molecule has 2 aromatic rings. The van der Waals surface area contributed by atoms with Crippen LogP contribution >= 0.6 is 0 Å². The lowest BCUT2D eigenvalue weighted by molar-refractivity contribution is -0.125. The first-order chi connectivity index (χ1) is 11.2. The van der Waals surface area contributed by atoms with Crippen molar-refractivity contribution in [2.24, 2.45) is 0 Å². The number of pyridine rings is 1. The number of sulfonamides is 1. The minimum Gasteiger partial charge on any atom is -0.464 e. The van der Waals surface area contributed by atoms with Crippen LogP contribution in [0.15, 0.2) is 41.4 Å². The summed E-state index contributed by atoms with van der Waals surface area (Å²) in [5.41, 5.74) is 2.41. The maximum atomic E-state index is 12.5. The molecule has 0 aliphatic heterocycles. The van der Waals surface area contributed by atoms with Crippen LogP contribution in [0.25, 0.3) is 0 Å². The van der Waals surface area contributed by atoms with Gasteiger partial charge >= 0.3 is 0 Å². The average molecular weight is 348 g/mol. The van der Waals surface area contributed by atoms with Gasteiger partial charge in [-0.3, -0.25) is 4.79 Å². The summed E-state index contributed by atoms with van der Waals surface area (Å²) in [6, 6.07) is 8.35. The molecule has 1 N–H and O–H groups in total. The van der Waals surface area contributed by atoms with Gasteiger partial charge < -0.3 is 4.74 Å². The summed E-state index contributed by atoms with van der Waals surface area (Å²) < 4.78 is 32.4. The Labute approximate surface area is 141 Å². The molecule has 2 rings (SSSR count). The van der Waals surface area contributed by atoms with Gasteiger partial charge in [-0.1, -0.05) is 12.1 Å². The molecule has 0 aliphatic rings. The second-order valence-electron chi connectivity index (χ2n) is 5.60. The molecule has 6 nitrogen and oxygen atoms in total. The summed E-state index contributed by atoms with van der Waals surface area (Å²) in [6.07, 6.45) is 0.524. The zero-order valence-corrected chi connectivity index (χ0v) is 14.8. The van der Waals surface area contributed by atoms with Crippen molar-refractivity contribution in [1.29, 1.82) is 0 Å². The van der Waals surface area contributed by atoms with Gasteiger partial charge in [-0.15, -0.1) is 0 Å². The van der Waals surface area contributed by atoms with Crippen LogP contribution in [0.3, 0.4) is 0 Å². The van der Waals surface area contributed by atoms with Crippen molar-refractivity contribution in [1.82, 2.24) is 9.71 Å². The number of carbonyl (C=O) groups is 1. The monoisotopic (exact) mass is 348 g/mol. The van der Waals surface area contributed by atoms with E-state index < -0.39 is 22.0 Å². The van der Waals surface area contributed by atoms with E-state index in [0.717, 1.165) is 11.1 Å². The molecule has 0 saturated heterocycles. The summed E-state index contributed by atoms with van der Waals surface area (Å²) in [7, 11) is -3.97. The van der Waals surface area contributed by atoms with Crippen LogP contribution in [-0.2, 0) is 14.8 Å². The van der Waals surface area contributed by atoms with Gasteiger partial charge in [-0.2, -0.15) is 0 Å². The van der Waals surface area contributed by atoms with Crippen molar-refractivity contribution in [3.63, 3.8) is 0 Å². The first kappa shape index (κ1) is 17.9. The van der Waals surface area contributed by atoms with Gasteiger partial charge in [-0.25, -0.2) is 18.1 Å². The number of nitrogens with zero attached hydrogens (tertiary/aromatic N) is 1. The highest BCUT2D eigenvalue weighted by molar-refractivity contribution is 7.90. The fraction of sp³-hybridized carbons (Fsp3) is 0.294. The minimum absolute atomic E-state index is 0.0870. The zero-order chi connectivity index (χ0) is 17.9. The number of aryl methyl sites for hydroxylation is 3. The molecule has 0 aliphatic carbocycles. The number of ether oxygens (including phenoxy) is 1. The second-order valence-corrected chi connectivity index (χ2v) is 7.25. The lowest BCUT2D eigenvalue weighted by Crippen LogP contribution is -2.40. The summed E-state index contributed by atoms with van der Waals surface area (Å²) in [4.78, 5) is 16.2. The van der Waals surface area contributed by atoms with Crippen molar-refractivity contribution in [3.8, 4) is 5.88 Å². The molecule has 1 amide bonds. The standard InChI is InChI=1S/C17H20N2O4S/c1-11-9-13(3)15(10-12(11)2)24(21,22)19-17(20)14(4)23-16-7-5-6-8-18-16/h5-10,14H,1-4H3,(H,19,20). The van der Waals surface area contributed by atoms with Gasteiger partial charge in [0.2, 0.25) is 5.88 Å². The number of benzene rings is 1. The maximum Gasteiger partial charge on any atom is 0.274 e. The van der Waals surface area contributed by atoms with Crippen molar-refractivity contribution in [2.75, 3.05) is 0 Å². The molecular weight excluding hydrogens is 328 g/mol. The number of hydrogen-bond acceptors (Lipinski definition) is 5. The van der Waals surface area contributed by atoms with E-state index in [9.17, 15) is 13.2 Å². The molecule has 1 heterocycles. The number of nitrogens with one attached hydrogen (secondary N) is 1. The summed E-state index contributed by atoms with van der Waals surface area (Å²) >= 11 is 0. The summed E-state index contributed by atoms with van der Waals surface area (Å²) in [5.74, 6) is -0.502. The topological polar surface area (TPSA) is 85.4 Å². The van der Waals surface area contributed by atoms with Gasteiger partial charge in [-0.05, 0) is 56.5 Å². The average Bonchev–Trinajstić information content (AvgIpc) is 2.51. The Bertz CT molecular complexity index is 848. The molecule has 0 saturated carbocycles. The molecule has 0 fully saturated rings. The SMILES string of the molecule is Cc1cc(C)c(S(=O)(=O)NC(=O)C(C)Oc2ccccn2)cc1C. The lowest BCUT2D eigenvalue weighted by atomic mass is 10.1. The van der Waals surface area contributed by atoms with Crippen LogP contribution in [0.2, 0.25) is 0 Å². The van der Waals surface area contributed by atoms with E-state index in [0.29, 0.717) is 5.56 Å². The van der Waals surface area contributed by atoms with Crippen molar-refractivity contribution in [3.05, 3.63) is 53.2 Å². The first-order valence-electron chi connectivity index (χ1n) is 7.43. The van der Waals surface area contributed by atoms with Gasteiger partial charge in [0.1, 0.15) is 0 Å². The Kier molecular flexibility index (Phi) is 5.23. The van der Waals surface area contributed by atoms with Crippen LogP contribution < -0.4 is 9.46 Å². The van der Waals surface area contributed by atoms with Crippen LogP contribution in [-0.4, -0.2) is 25.4 Å². The lowest BCUT2D eigenvalue weighted by Gasteiger charge is -2.15. The van der Waals surface area contributed by atoms with E-state index >= 15 is 0 Å². The fourth-order valence-electron chi connectivity index (χ4n) is 2.15. The van der Waals surface area contributed by atoms with E-state index in [-0.39, 0.29) is 10.8 Å². The third-order valence-electron chi connectivity index (χ3n) is 3.62. The molecule has 1 aromatic heterocycles. The first-order valence-corrected chi connectivity index (χ1v) is 8.91. The van der Waals surface area contributed by atoms with Crippen molar-refractivity contribution in [2.45, 2.75) is 38.7 Å². The molecule has 0 radical (unpaired) electrons. The molecule has 1 unspecified atom stereocenters. The van der Waals surface area contributed by atoms with Crippen LogP contribution in [0.5, 0.6) is 5.88 Å². The normalized spacial score (nSPS) is 12.5. The zero-order valence-electron chi connectivity index (χ0n) is 14.0. The fourth-order valence-corrected chi connectivity index (χ4v) is 3.50. The molecular formula is C17H20N2O4S. The smallest absolute Gasteiger partial charge is 0.274 e. The maximum absolute atomic E-state index is 12.5. The largest absolute Gasteiger partial charge is 0.464 e. The Hall–Kier alpha value is -2.41. The molecule has 0 spiro atoms. The van der Waals surface area contributed by atoms with Gasteiger partial charge in [0.15, 0.2) is 6.10 Å². The number of carbonyl (C=O) groups excluding carboxylic acids is 1. The Morgan fingerprint density at radius 2 is 1.79 bits per heavy atom. The minimum atomic E-state index is -3.97. The van der Waals surface area contributed by atoms with E-state index in [4.69, 9.17) is 4.74 Å². The Morgan fingerprint density at radius 1 is 1.12 bits per heavy atom. The van der Waals surface area contributed by atoms with Crippen LogP contribution in [0.1, 0.15) is 23.6 Å². The highest BCUT2D eigenvalue weighted by Crippen LogP contribution is 2.20.